The molecule has 180 valence electrons. The molecule has 0 spiro atoms. The fourth-order valence-electron chi connectivity index (χ4n) is 3.48. The number of aromatic nitrogens is 2. The zero-order chi connectivity index (χ0) is 24.9. The first-order valence-electron chi connectivity index (χ1n) is 10.7. The third kappa shape index (κ3) is 6.70. The highest BCUT2D eigenvalue weighted by atomic mass is 35.5. The molecule has 2 atom stereocenters. The fraction of sp³-hybridized carbons (Fsp3) is 0.320. The van der Waals surface area contributed by atoms with E-state index >= 15 is 0 Å². The summed E-state index contributed by atoms with van der Waals surface area (Å²) >= 11 is 6.04. The van der Waals surface area contributed by atoms with E-state index in [0.29, 0.717) is 11.4 Å². The zero-order valence-corrected chi connectivity index (χ0v) is 19.7. The van der Waals surface area contributed by atoms with E-state index in [1.54, 1.807) is 0 Å². The molecule has 0 radical (unpaired) electrons. The van der Waals surface area contributed by atoms with Crippen molar-refractivity contribution >= 4 is 17.5 Å². The highest BCUT2D eigenvalue weighted by Gasteiger charge is 2.36. The van der Waals surface area contributed by atoms with E-state index < -0.39 is 29.4 Å². The van der Waals surface area contributed by atoms with E-state index in [2.05, 4.69) is 15.3 Å². The number of ether oxygens (including phenoxy) is 1. The van der Waals surface area contributed by atoms with Crippen LogP contribution in [0.2, 0.25) is 5.02 Å². The number of carbonyl (C=O) groups excluding carboxylic acids is 1. The Kier molecular flexibility index (Phi) is 7.82. The first-order chi connectivity index (χ1) is 16.0. The Labute approximate surface area is 201 Å². The second-order valence-corrected chi connectivity index (χ2v) is 8.90. The maximum absolute atomic E-state index is 12.9. The number of hydrogen-bond acceptors (Lipinski definition) is 4. The van der Waals surface area contributed by atoms with Gasteiger partial charge in [-0.2, -0.15) is 18.2 Å². The fourth-order valence-corrected chi connectivity index (χ4v) is 3.60. The number of halogens is 4. The van der Waals surface area contributed by atoms with E-state index in [1.165, 1.54) is 13.8 Å². The lowest BCUT2D eigenvalue weighted by Gasteiger charge is -2.28. The van der Waals surface area contributed by atoms with E-state index in [9.17, 15) is 18.0 Å². The lowest BCUT2D eigenvalue weighted by Crippen LogP contribution is -2.50. The lowest BCUT2D eigenvalue weighted by molar-refractivity contribution is -0.142. The van der Waals surface area contributed by atoms with Crippen LogP contribution < -0.4 is 10.1 Å². The number of benzene rings is 2. The van der Waals surface area contributed by atoms with Crippen LogP contribution in [0.3, 0.4) is 0 Å². The number of carbonyl (C=O) groups is 1. The molecule has 3 rings (SSSR count). The van der Waals surface area contributed by atoms with Crippen molar-refractivity contribution in [2.45, 2.75) is 50.9 Å². The Morgan fingerprint density at radius 1 is 1.03 bits per heavy atom. The van der Waals surface area contributed by atoms with Gasteiger partial charge in [0.2, 0.25) is 0 Å². The van der Waals surface area contributed by atoms with Gasteiger partial charge in [0.1, 0.15) is 0 Å². The van der Waals surface area contributed by atoms with Crippen LogP contribution in [-0.2, 0) is 11.0 Å². The normalized spacial score (nSPS) is 13.7. The number of rotatable bonds is 8. The van der Waals surface area contributed by atoms with Crippen LogP contribution in [0.15, 0.2) is 66.9 Å². The van der Waals surface area contributed by atoms with Gasteiger partial charge in [0.05, 0.1) is 0 Å². The first kappa shape index (κ1) is 25.5. The lowest BCUT2D eigenvalue weighted by atomic mass is 9.86. The molecule has 0 aliphatic carbocycles. The zero-order valence-electron chi connectivity index (χ0n) is 18.9. The van der Waals surface area contributed by atoms with Gasteiger partial charge in [-0.25, -0.2) is 4.98 Å². The van der Waals surface area contributed by atoms with Gasteiger partial charge in [-0.05, 0) is 56.5 Å². The molecular weight excluding hydrogens is 467 g/mol. The van der Waals surface area contributed by atoms with Gasteiger partial charge in [-0.1, -0.05) is 54.1 Å². The van der Waals surface area contributed by atoms with Gasteiger partial charge < -0.3 is 10.1 Å². The molecule has 1 aromatic heterocycles. The SMILES string of the molecule is CC(C[C@@H](c1ccccc1)c1ccc(Cl)cc1)NC(=O)C(C)(C)Oc1nccc(C(F)(F)F)n1. The molecule has 2 aromatic carbocycles. The summed E-state index contributed by atoms with van der Waals surface area (Å²) in [6.45, 7) is 4.76. The largest absolute Gasteiger partial charge is 0.447 e. The van der Waals surface area contributed by atoms with Crippen LogP contribution in [0.1, 0.15) is 49.9 Å². The minimum Gasteiger partial charge on any atom is -0.447 e. The highest BCUT2D eigenvalue weighted by molar-refractivity contribution is 6.30. The van der Waals surface area contributed by atoms with Crippen molar-refractivity contribution in [3.8, 4) is 6.01 Å². The van der Waals surface area contributed by atoms with Crippen LogP contribution in [0, 0.1) is 0 Å². The molecule has 1 amide bonds. The maximum atomic E-state index is 12.9. The van der Waals surface area contributed by atoms with E-state index in [4.69, 9.17) is 16.3 Å². The molecule has 1 unspecified atom stereocenters. The average Bonchev–Trinajstić information content (AvgIpc) is 2.78. The Balaban J connectivity index is 1.72. The molecule has 1 N–H and O–H groups in total. The number of alkyl halides is 3. The predicted octanol–water partition coefficient (Wildman–Crippen LogP) is 6.03. The van der Waals surface area contributed by atoms with Crippen molar-refractivity contribution in [2.24, 2.45) is 0 Å². The van der Waals surface area contributed by atoms with Gasteiger partial charge in [0, 0.05) is 23.2 Å². The van der Waals surface area contributed by atoms with Crippen molar-refractivity contribution in [1.29, 1.82) is 0 Å². The van der Waals surface area contributed by atoms with Crippen molar-refractivity contribution < 1.29 is 22.7 Å². The molecule has 3 aromatic rings. The third-order valence-electron chi connectivity index (χ3n) is 5.26. The summed E-state index contributed by atoms with van der Waals surface area (Å²) in [6.07, 6.45) is -3.12. The van der Waals surface area contributed by atoms with Gasteiger partial charge in [0.15, 0.2) is 11.3 Å². The quantitative estimate of drug-likeness (QED) is 0.417. The van der Waals surface area contributed by atoms with Crippen molar-refractivity contribution in [1.82, 2.24) is 15.3 Å². The second kappa shape index (κ2) is 10.4. The van der Waals surface area contributed by atoms with Crippen LogP contribution in [0.4, 0.5) is 13.2 Å². The maximum Gasteiger partial charge on any atom is 0.433 e. The summed E-state index contributed by atoms with van der Waals surface area (Å²) in [4.78, 5) is 20.0. The van der Waals surface area contributed by atoms with Crippen molar-refractivity contribution in [3.63, 3.8) is 0 Å². The second-order valence-electron chi connectivity index (χ2n) is 8.46. The number of nitrogens with one attached hydrogen (secondary N) is 1. The third-order valence-corrected chi connectivity index (χ3v) is 5.51. The molecule has 9 heteroatoms. The molecule has 1 heterocycles. The van der Waals surface area contributed by atoms with Crippen LogP contribution >= 0.6 is 11.6 Å². The van der Waals surface area contributed by atoms with E-state index in [-0.39, 0.29) is 12.0 Å². The number of hydrogen-bond donors (Lipinski definition) is 1. The molecule has 0 saturated heterocycles. The van der Waals surface area contributed by atoms with Gasteiger partial charge >= 0.3 is 12.2 Å². The van der Waals surface area contributed by atoms with Crippen LogP contribution in [0.5, 0.6) is 6.01 Å². The minimum atomic E-state index is -4.64. The van der Waals surface area contributed by atoms with Crippen LogP contribution in [-0.4, -0.2) is 27.5 Å². The summed E-state index contributed by atoms with van der Waals surface area (Å²) in [5, 5.41) is 3.53. The molecule has 0 bridgehead atoms. The molecule has 0 fully saturated rings. The highest BCUT2D eigenvalue weighted by Crippen LogP contribution is 2.31. The Morgan fingerprint density at radius 2 is 1.65 bits per heavy atom. The summed E-state index contributed by atoms with van der Waals surface area (Å²) in [5.41, 5.74) is -0.514. The Morgan fingerprint density at radius 3 is 2.26 bits per heavy atom. The van der Waals surface area contributed by atoms with E-state index in [1.807, 2.05) is 61.5 Å². The standard InChI is InChI=1S/C25H25ClF3N3O2/c1-16(15-20(17-7-5-4-6-8-17)18-9-11-19(26)12-10-18)31-22(33)24(2,3)34-23-30-14-13-21(32-23)25(27,28)29/h4-14,16,20H,15H2,1-3H3,(H,31,33)/t16?,20-/m0/s1. The topological polar surface area (TPSA) is 64.1 Å². The Bertz CT molecular complexity index is 1110. The van der Waals surface area contributed by atoms with Crippen molar-refractivity contribution in [2.75, 3.05) is 0 Å². The molecule has 34 heavy (non-hydrogen) atoms. The molecule has 5 nitrogen and oxygen atoms in total. The molecule has 0 saturated carbocycles. The summed E-state index contributed by atoms with van der Waals surface area (Å²) in [6, 6.07) is 17.4. The monoisotopic (exact) mass is 491 g/mol. The first-order valence-corrected chi connectivity index (χ1v) is 11.0. The van der Waals surface area contributed by atoms with Gasteiger partial charge in [-0.3, -0.25) is 4.79 Å². The minimum absolute atomic E-state index is 0.00963. The van der Waals surface area contributed by atoms with Crippen molar-refractivity contribution in [3.05, 3.63) is 88.7 Å². The smallest absolute Gasteiger partial charge is 0.433 e. The Hall–Kier alpha value is -3.13. The van der Waals surface area contributed by atoms with Gasteiger partial charge in [-0.15, -0.1) is 0 Å². The molecular formula is C25H25ClF3N3O2. The van der Waals surface area contributed by atoms with E-state index in [0.717, 1.165) is 23.4 Å². The molecule has 0 aliphatic rings. The number of amides is 1. The van der Waals surface area contributed by atoms with Crippen LogP contribution in [0.25, 0.3) is 0 Å². The summed E-state index contributed by atoms with van der Waals surface area (Å²) in [5.74, 6) is -0.506. The predicted molar refractivity (Wildman–Crippen MR) is 124 cm³/mol. The molecule has 0 aliphatic heterocycles. The summed E-state index contributed by atoms with van der Waals surface area (Å²) < 4.78 is 44.2. The van der Waals surface area contributed by atoms with Gasteiger partial charge in [0.25, 0.3) is 5.91 Å². The number of nitrogens with zero attached hydrogens (tertiary/aromatic N) is 2. The average molecular weight is 492 g/mol. The summed E-state index contributed by atoms with van der Waals surface area (Å²) in [7, 11) is 0.